The molecular weight excluding hydrogens is 362 g/mol. The molecule has 1 aromatic rings. The number of hydrazone groups is 1. The lowest BCUT2D eigenvalue weighted by molar-refractivity contribution is -0.123. The second kappa shape index (κ2) is 9.99. The lowest BCUT2D eigenvalue weighted by atomic mass is 10.2. The number of amides is 2. The van der Waals surface area contributed by atoms with Crippen LogP contribution in [0.2, 0.25) is 0 Å². The first-order chi connectivity index (χ1) is 10.9. The summed E-state index contributed by atoms with van der Waals surface area (Å²) in [5.41, 5.74) is 4.00. The highest BCUT2D eigenvalue weighted by molar-refractivity contribution is 9.10. The molecule has 0 unspecified atom stereocenters. The van der Waals surface area contributed by atoms with E-state index in [0.717, 1.165) is 16.5 Å². The van der Waals surface area contributed by atoms with Crippen molar-refractivity contribution < 1.29 is 14.3 Å². The molecule has 1 aromatic carbocycles. The molecule has 2 N–H and O–H groups in total. The van der Waals surface area contributed by atoms with Gasteiger partial charge in [-0.3, -0.25) is 9.59 Å². The number of rotatable bonds is 8. The molecule has 0 aliphatic carbocycles. The standard InChI is InChI=1S/C16H22BrN3O3/c1-4-7-18-15(21)9-12(3)19-20-16(22)10-23-14-6-5-11(2)8-13(14)17/h5-6,8H,4,7,9-10H2,1-3H3,(H,18,21)(H,20,22)/b19-12-. The normalized spacial score (nSPS) is 11.0. The van der Waals surface area contributed by atoms with Gasteiger partial charge in [0.1, 0.15) is 5.75 Å². The number of nitrogens with zero attached hydrogens (tertiary/aromatic N) is 1. The van der Waals surface area contributed by atoms with Gasteiger partial charge in [-0.2, -0.15) is 5.10 Å². The third-order valence-electron chi connectivity index (χ3n) is 2.81. The van der Waals surface area contributed by atoms with Crippen LogP contribution in [0.15, 0.2) is 27.8 Å². The molecule has 0 saturated carbocycles. The molecule has 6 nitrogen and oxygen atoms in total. The summed E-state index contributed by atoms with van der Waals surface area (Å²) < 4.78 is 6.20. The lowest BCUT2D eigenvalue weighted by Gasteiger charge is -2.08. The molecule has 0 heterocycles. The SMILES string of the molecule is CCCNC(=O)C/C(C)=N\NC(=O)COc1ccc(C)cc1Br. The molecule has 23 heavy (non-hydrogen) atoms. The van der Waals surface area contributed by atoms with E-state index >= 15 is 0 Å². The van der Waals surface area contributed by atoms with Crippen LogP contribution >= 0.6 is 15.9 Å². The maximum absolute atomic E-state index is 11.7. The molecule has 7 heteroatoms. The third kappa shape index (κ3) is 7.78. The van der Waals surface area contributed by atoms with E-state index in [1.165, 1.54) is 0 Å². The number of halogens is 1. The first-order valence-electron chi connectivity index (χ1n) is 7.40. The number of ether oxygens (including phenoxy) is 1. The topological polar surface area (TPSA) is 79.8 Å². The van der Waals surface area contributed by atoms with Gasteiger partial charge in [-0.25, -0.2) is 5.43 Å². The summed E-state index contributed by atoms with van der Waals surface area (Å²) >= 11 is 3.38. The Labute approximate surface area is 144 Å². The summed E-state index contributed by atoms with van der Waals surface area (Å²) in [6.07, 6.45) is 1.04. The van der Waals surface area contributed by atoms with Crippen LogP contribution in [0.25, 0.3) is 0 Å². The van der Waals surface area contributed by atoms with Crippen LogP contribution in [-0.4, -0.2) is 30.7 Å². The summed E-state index contributed by atoms with van der Waals surface area (Å²) in [5.74, 6) is 0.0957. The van der Waals surface area contributed by atoms with E-state index in [-0.39, 0.29) is 24.8 Å². The van der Waals surface area contributed by atoms with E-state index in [2.05, 4.69) is 31.8 Å². The van der Waals surface area contributed by atoms with Gasteiger partial charge >= 0.3 is 0 Å². The average Bonchev–Trinajstić information content (AvgIpc) is 2.50. The number of carbonyl (C=O) groups is 2. The predicted molar refractivity (Wildman–Crippen MR) is 93.5 cm³/mol. The van der Waals surface area contributed by atoms with Crippen molar-refractivity contribution in [3.63, 3.8) is 0 Å². The Balaban J connectivity index is 2.38. The fourth-order valence-corrected chi connectivity index (χ4v) is 2.26. The average molecular weight is 384 g/mol. The van der Waals surface area contributed by atoms with Gasteiger partial charge in [-0.15, -0.1) is 0 Å². The van der Waals surface area contributed by atoms with Crippen LogP contribution in [0.5, 0.6) is 5.75 Å². The first-order valence-corrected chi connectivity index (χ1v) is 8.19. The van der Waals surface area contributed by atoms with E-state index in [0.29, 0.717) is 18.0 Å². The van der Waals surface area contributed by atoms with Gasteiger partial charge in [-0.05, 0) is 53.9 Å². The van der Waals surface area contributed by atoms with Crippen molar-refractivity contribution in [3.8, 4) is 5.75 Å². The smallest absolute Gasteiger partial charge is 0.277 e. The minimum atomic E-state index is -0.384. The summed E-state index contributed by atoms with van der Waals surface area (Å²) in [4.78, 5) is 23.2. The van der Waals surface area contributed by atoms with Gasteiger partial charge in [0.25, 0.3) is 5.91 Å². The van der Waals surface area contributed by atoms with Crippen molar-refractivity contribution in [2.75, 3.05) is 13.2 Å². The lowest BCUT2D eigenvalue weighted by Crippen LogP contribution is -2.28. The van der Waals surface area contributed by atoms with Crippen molar-refractivity contribution in [1.29, 1.82) is 0 Å². The molecule has 0 spiro atoms. The molecule has 0 radical (unpaired) electrons. The molecule has 126 valence electrons. The molecule has 0 aliphatic rings. The van der Waals surface area contributed by atoms with Crippen LogP contribution in [0, 0.1) is 6.92 Å². The molecule has 2 amide bonds. The zero-order chi connectivity index (χ0) is 17.2. The fourth-order valence-electron chi connectivity index (χ4n) is 1.66. The van der Waals surface area contributed by atoms with E-state index in [9.17, 15) is 9.59 Å². The summed E-state index contributed by atoms with van der Waals surface area (Å²) in [7, 11) is 0. The van der Waals surface area contributed by atoms with Gasteiger partial charge in [0.15, 0.2) is 6.61 Å². The van der Waals surface area contributed by atoms with Crippen molar-refractivity contribution in [1.82, 2.24) is 10.7 Å². The number of carbonyl (C=O) groups excluding carboxylic acids is 2. The zero-order valence-corrected chi connectivity index (χ0v) is 15.2. The fraction of sp³-hybridized carbons (Fsp3) is 0.438. The Morgan fingerprint density at radius 1 is 1.30 bits per heavy atom. The van der Waals surface area contributed by atoms with Gasteiger partial charge in [0.05, 0.1) is 10.9 Å². The van der Waals surface area contributed by atoms with Crippen molar-refractivity contribution in [2.24, 2.45) is 5.10 Å². The Hall–Kier alpha value is -1.89. The van der Waals surface area contributed by atoms with Crippen molar-refractivity contribution in [3.05, 3.63) is 28.2 Å². The summed E-state index contributed by atoms with van der Waals surface area (Å²) in [5, 5.41) is 6.63. The molecule has 0 fully saturated rings. The molecule has 0 bridgehead atoms. The number of hydrogen-bond acceptors (Lipinski definition) is 4. The second-order valence-electron chi connectivity index (χ2n) is 5.13. The van der Waals surface area contributed by atoms with Gasteiger partial charge < -0.3 is 10.1 Å². The van der Waals surface area contributed by atoms with Crippen LogP contribution in [0.4, 0.5) is 0 Å². The van der Waals surface area contributed by atoms with E-state index in [1.807, 2.05) is 26.0 Å². The maximum Gasteiger partial charge on any atom is 0.277 e. The van der Waals surface area contributed by atoms with Crippen LogP contribution in [-0.2, 0) is 9.59 Å². The predicted octanol–water partition coefficient (Wildman–Crippen LogP) is 2.54. The van der Waals surface area contributed by atoms with Crippen LogP contribution in [0.1, 0.15) is 32.3 Å². The first kappa shape index (κ1) is 19.2. The number of hydrogen-bond donors (Lipinski definition) is 2. The number of benzene rings is 1. The second-order valence-corrected chi connectivity index (χ2v) is 5.99. The monoisotopic (exact) mass is 383 g/mol. The highest BCUT2D eigenvalue weighted by Crippen LogP contribution is 2.25. The van der Waals surface area contributed by atoms with E-state index in [4.69, 9.17) is 4.74 Å². The minimum absolute atomic E-state index is 0.109. The Morgan fingerprint density at radius 3 is 2.70 bits per heavy atom. The molecule has 0 atom stereocenters. The largest absolute Gasteiger partial charge is 0.483 e. The highest BCUT2D eigenvalue weighted by Gasteiger charge is 2.06. The van der Waals surface area contributed by atoms with Crippen LogP contribution in [0.3, 0.4) is 0 Å². The van der Waals surface area contributed by atoms with Crippen molar-refractivity contribution >= 4 is 33.5 Å². The zero-order valence-electron chi connectivity index (χ0n) is 13.6. The van der Waals surface area contributed by atoms with Gasteiger partial charge in [-0.1, -0.05) is 13.0 Å². The molecule has 0 saturated heterocycles. The molecule has 0 aliphatic heterocycles. The van der Waals surface area contributed by atoms with Gasteiger partial charge in [0.2, 0.25) is 5.91 Å². The summed E-state index contributed by atoms with van der Waals surface area (Å²) in [6, 6.07) is 5.60. The van der Waals surface area contributed by atoms with E-state index < -0.39 is 0 Å². The molecule has 1 rings (SSSR count). The third-order valence-corrected chi connectivity index (χ3v) is 3.43. The van der Waals surface area contributed by atoms with E-state index in [1.54, 1.807) is 13.0 Å². The molecular formula is C16H22BrN3O3. The van der Waals surface area contributed by atoms with Gasteiger partial charge in [0, 0.05) is 12.3 Å². The Morgan fingerprint density at radius 2 is 2.04 bits per heavy atom. The summed E-state index contributed by atoms with van der Waals surface area (Å²) in [6.45, 7) is 6.12. The minimum Gasteiger partial charge on any atom is -0.483 e. The molecule has 0 aromatic heterocycles. The number of aryl methyl sites for hydroxylation is 1. The number of nitrogens with one attached hydrogen (secondary N) is 2. The maximum atomic E-state index is 11.7. The highest BCUT2D eigenvalue weighted by atomic mass is 79.9. The van der Waals surface area contributed by atoms with Crippen LogP contribution < -0.4 is 15.5 Å². The quantitative estimate of drug-likeness (QED) is 0.534. The Bertz CT molecular complexity index is 588. The van der Waals surface area contributed by atoms with Crippen molar-refractivity contribution in [2.45, 2.75) is 33.6 Å². The Kier molecular flexibility index (Phi) is 8.32.